The summed E-state index contributed by atoms with van der Waals surface area (Å²) >= 11 is 0. The molecule has 4 heteroatoms. The van der Waals surface area contributed by atoms with Crippen molar-refractivity contribution in [1.29, 1.82) is 0 Å². The Morgan fingerprint density at radius 3 is 2.00 bits per heavy atom. The van der Waals surface area contributed by atoms with Crippen molar-refractivity contribution in [2.24, 2.45) is 0 Å². The molecule has 0 bridgehead atoms. The van der Waals surface area contributed by atoms with Crippen molar-refractivity contribution < 1.29 is 9.63 Å². The lowest BCUT2D eigenvalue weighted by Crippen LogP contribution is -2.25. The van der Waals surface area contributed by atoms with Gasteiger partial charge in [0.05, 0.1) is 0 Å². The molecule has 0 aliphatic heterocycles. The highest BCUT2D eigenvalue weighted by Gasteiger charge is 2.10. The van der Waals surface area contributed by atoms with Crippen LogP contribution >= 0.6 is 0 Å². The van der Waals surface area contributed by atoms with E-state index in [4.69, 9.17) is 4.84 Å². The molecule has 0 aliphatic carbocycles. The molecule has 0 rings (SSSR count). The Morgan fingerprint density at radius 1 is 1.27 bits per heavy atom. The number of likely N-dealkylation sites (N-methyl/N-ethyl adjacent to an activating group) is 1. The minimum Gasteiger partial charge on any atom is -0.372 e. The van der Waals surface area contributed by atoms with Gasteiger partial charge in [-0.3, -0.25) is 0 Å². The molecule has 11 heavy (non-hydrogen) atoms. The molecule has 4 nitrogen and oxygen atoms in total. The summed E-state index contributed by atoms with van der Waals surface area (Å²) in [5.74, 6) is -0.431. The second-order valence-electron chi connectivity index (χ2n) is 2.53. The molecule has 0 saturated heterocycles. The van der Waals surface area contributed by atoms with Crippen LogP contribution in [0.2, 0.25) is 0 Å². The zero-order valence-corrected chi connectivity index (χ0v) is 7.42. The molecular formula is C7H14N2O2. The van der Waals surface area contributed by atoms with E-state index in [1.165, 1.54) is 5.06 Å². The normalized spacial score (nSPS) is 9.55. The van der Waals surface area contributed by atoms with E-state index in [-0.39, 0.29) is 0 Å². The van der Waals surface area contributed by atoms with Crippen molar-refractivity contribution in [3.05, 3.63) is 12.3 Å². The van der Waals surface area contributed by atoms with Crippen molar-refractivity contribution in [3.8, 4) is 0 Å². The van der Waals surface area contributed by atoms with Crippen molar-refractivity contribution in [2.45, 2.75) is 0 Å². The van der Waals surface area contributed by atoms with Crippen molar-refractivity contribution in [2.75, 3.05) is 28.2 Å². The van der Waals surface area contributed by atoms with Crippen LogP contribution in [0.15, 0.2) is 12.3 Å². The first-order chi connectivity index (χ1) is 4.95. The van der Waals surface area contributed by atoms with E-state index in [1.54, 1.807) is 33.1 Å². The van der Waals surface area contributed by atoms with Crippen molar-refractivity contribution in [3.63, 3.8) is 0 Å². The van der Waals surface area contributed by atoms with Crippen LogP contribution in [0.5, 0.6) is 0 Å². The summed E-state index contributed by atoms with van der Waals surface area (Å²) in [4.78, 5) is 17.3. The van der Waals surface area contributed by atoms with Gasteiger partial charge in [0.2, 0.25) is 0 Å². The van der Waals surface area contributed by atoms with Crippen LogP contribution < -0.4 is 0 Å². The van der Waals surface area contributed by atoms with Crippen LogP contribution in [0, 0.1) is 0 Å². The Hall–Kier alpha value is -1.03. The summed E-state index contributed by atoms with van der Waals surface area (Å²) in [5.41, 5.74) is 0.332. The fourth-order valence-electron chi connectivity index (χ4n) is 0.401. The van der Waals surface area contributed by atoms with E-state index < -0.39 is 5.97 Å². The fraction of sp³-hybridized carbons (Fsp3) is 0.571. The summed E-state index contributed by atoms with van der Waals surface area (Å²) in [5, 5.41) is 1.33. The predicted octanol–water partition coefficient (Wildman–Crippen LogP) is 0.0815. The maximum Gasteiger partial charge on any atom is 0.372 e. The molecule has 0 spiro atoms. The van der Waals surface area contributed by atoms with E-state index in [9.17, 15) is 4.79 Å². The molecular weight excluding hydrogens is 144 g/mol. The van der Waals surface area contributed by atoms with Gasteiger partial charge < -0.3 is 9.74 Å². The minimum absolute atomic E-state index is 0.332. The highest BCUT2D eigenvalue weighted by atomic mass is 16.7. The Morgan fingerprint density at radius 2 is 1.73 bits per heavy atom. The Labute approximate surface area is 67.0 Å². The predicted molar refractivity (Wildman–Crippen MR) is 42.6 cm³/mol. The van der Waals surface area contributed by atoms with Crippen LogP contribution in [0.25, 0.3) is 0 Å². The Bertz CT molecular complexity index is 164. The first-order valence-corrected chi connectivity index (χ1v) is 3.21. The van der Waals surface area contributed by atoms with E-state index >= 15 is 0 Å². The molecule has 0 radical (unpaired) electrons. The van der Waals surface area contributed by atoms with E-state index in [0.29, 0.717) is 5.70 Å². The van der Waals surface area contributed by atoms with E-state index in [1.807, 2.05) is 0 Å². The van der Waals surface area contributed by atoms with Gasteiger partial charge in [0.15, 0.2) is 0 Å². The molecule has 0 aromatic carbocycles. The largest absolute Gasteiger partial charge is 0.372 e. The Kier molecular flexibility index (Phi) is 3.60. The quantitative estimate of drug-likeness (QED) is 0.430. The van der Waals surface area contributed by atoms with Gasteiger partial charge >= 0.3 is 5.97 Å². The van der Waals surface area contributed by atoms with Gasteiger partial charge in [0.25, 0.3) is 0 Å². The molecule has 0 N–H and O–H groups in total. The van der Waals surface area contributed by atoms with Crippen LogP contribution in [0.1, 0.15) is 0 Å². The zero-order chi connectivity index (χ0) is 9.02. The van der Waals surface area contributed by atoms with Crippen LogP contribution in [-0.4, -0.2) is 44.1 Å². The molecule has 64 valence electrons. The molecule has 0 aromatic heterocycles. The van der Waals surface area contributed by atoms with Gasteiger partial charge in [-0.25, -0.2) is 4.79 Å². The monoisotopic (exact) mass is 158 g/mol. The van der Waals surface area contributed by atoms with Gasteiger partial charge in [0, 0.05) is 28.2 Å². The average Bonchev–Trinajstić information content (AvgIpc) is 1.84. The van der Waals surface area contributed by atoms with Crippen LogP contribution in [0.3, 0.4) is 0 Å². The number of hydrogen-bond donors (Lipinski definition) is 0. The van der Waals surface area contributed by atoms with Gasteiger partial charge in [-0.15, -0.1) is 5.06 Å². The smallest absolute Gasteiger partial charge is 0.372 e. The molecule has 0 saturated carbocycles. The number of hydroxylamine groups is 2. The molecule has 0 unspecified atom stereocenters. The Balaban J connectivity index is 3.94. The molecule has 0 fully saturated rings. The summed E-state index contributed by atoms with van der Waals surface area (Å²) < 4.78 is 0. The summed E-state index contributed by atoms with van der Waals surface area (Å²) in [6.45, 7) is 3.53. The first kappa shape index (κ1) is 9.97. The first-order valence-electron chi connectivity index (χ1n) is 3.21. The lowest BCUT2D eigenvalue weighted by molar-refractivity contribution is -0.174. The second kappa shape index (κ2) is 3.98. The fourth-order valence-corrected chi connectivity index (χ4v) is 0.401. The topological polar surface area (TPSA) is 32.8 Å². The molecule has 0 heterocycles. The minimum atomic E-state index is -0.431. The van der Waals surface area contributed by atoms with Crippen molar-refractivity contribution >= 4 is 5.97 Å². The number of hydrogen-bond acceptors (Lipinski definition) is 4. The third kappa shape index (κ3) is 3.62. The maximum atomic E-state index is 11.0. The second-order valence-corrected chi connectivity index (χ2v) is 2.53. The summed E-state index contributed by atoms with van der Waals surface area (Å²) in [7, 11) is 6.75. The third-order valence-electron chi connectivity index (χ3n) is 1.04. The number of rotatable bonds is 3. The maximum absolute atomic E-state index is 11.0. The van der Waals surface area contributed by atoms with Crippen molar-refractivity contribution in [1.82, 2.24) is 9.96 Å². The van der Waals surface area contributed by atoms with Gasteiger partial charge in [-0.1, -0.05) is 6.58 Å². The van der Waals surface area contributed by atoms with Crippen LogP contribution in [0.4, 0.5) is 0 Å². The molecule has 0 aromatic rings. The standard InChI is InChI=1S/C7H14N2O2/c1-6(8(2)3)7(10)11-9(4)5/h1H2,2-5H3. The summed E-state index contributed by atoms with van der Waals surface area (Å²) in [6, 6.07) is 0. The SMILES string of the molecule is C=C(C(=O)ON(C)C)N(C)C. The summed E-state index contributed by atoms with van der Waals surface area (Å²) in [6.07, 6.45) is 0. The number of carbonyl (C=O) groups excluding carboxylic acids is 1. The highest BCUT2D eigenvalue weighted by molar-refractivity contribution is 5.86. The number of carbonyl (C=O) groups is 1. The van der Waals surface area contributed by atoms with Gasteiger partial charge in [-0.2, -0.15) is 0 Å². The molecule has 0 amide bonds. The average molecular weight is 158 g/mol. The highest BCUT2D eigenvalue weighted by Crippen LogP contribution is 1.97. The van der Waals surface area contributed by atoms with E-state index in [0.717, 1.165) is 0 Å². The van der Waals surface area contributed by atoms with E-state index in [2.05, 4.69) is 6.58 Å². The van der Waals surface area contributed by atoms with Crippen LogP contribution in [-0.2, 0) is 9.63 Å². The molecule has 0 atom stereocenters. The van der Waals surface area contributed by atoms with Gasteiger partial charge in [-0.05, 0) is 0 Å². The lowest BCUT2D eigenvalue weighted by Gasteiger charge is -2.16. The third-order valence-corrected chi connectivity index (χ3v) is 1.04. The molecule has 0 aliphatic rings. The van der Waals surface area contributed by atoms with Gasteiger partial charge in [0.1, 0.15) is 5.70 Å². The lowest BCUT2D eigenvalue weighted by atomic mass is 10.5. The number of nitrogens with zero attached hydrogens (tertiary/aromatic N) is 2. The zero-order valence-electron chi connectivity index (χ0n) is 7.42.